The van der Waals surface area contributed by atoms with Crippen molar-refractivity contribution in [2.75, 3.05) is 5.32 Å². The molecule has 0 radical (unpaired) electrons. The molecule has 0 aliphatic carbocycles. The Kier molecular flexibility index (Phi) is 4.01. The quantitative estimate of drug-likeness (QED) is 0.549. The highest BCUT2D eigenvalue weighted by Crippen LogP contribution is 2.11. The third-order valence-corrected chi connectivity index (χ3v) is 2.08. The zero-order valence-corrected chi connectivity index (χ0v) is 8.86. The maximum absolute atomic E-state index is 11.5. The van der Waals surface area contributed by atoms with Crippen molar-refractivity contribution in [2.24, 2.45) is 5.73 Å². The first-order valence-electron chi connectivity index (χ1n) is 4.85. The third kappa shape index (κ3) is 3.06. The molecule has 1 unspecified atom stereocenters. The fraction of sp³-hybridized carbons (Fsp3) is 0.444. The monoisotopic (exact) mass is 226 g/mol. The number of carbonyl (C=O) groups excluding carboxylic acids is 1. The largest absolute Gasteiger partial charge is 0.481 e. The van der Waals surface area contributed by atoms with Crippen LogP contribution in [0.2, 0.25) is 0 Å². The number of aliphatic carboxylic acids is 1. The smallest absolute Gasteiger partial charge is 0.305 e. The summed E-state index contributed by atoms with van der Waals surface area (Å²) in [5.41, 5.74) is 6.24. The molecule has 7 nitrogen and oxygen atoms in total. The summed E-state index contributed by atoms with van der Waals surface area (Å²) >= 11 is 0. The molecule has 0 aliphatic heterocycles. The molecule has 5 N–H and O–H groups in total. The fourth-order valence-corrected chi connectivity index (χ4v) is 1.18. The predicted molar refractivity (Wildman–Crippen MR) is 56.8 cm³/mol. The predicted octanol–water partition coefficient (Wildman–Crippen LogP) is -0.287. The van der Waals surface area contributed by atoms with Gasteiger partial charge >= 0.3 is 5.97 Å². The maximum atomic E-state index is 11.5. The number of aromatic amines is 1. The average molecular weight is 226 g/mol. The topological polar surface area (TPSA) is 121 Å². The summed E-state index contributed by atoms with van der Waals surface area (Å²) in [6.45, 7) is 1.91. The second kappa shape index (κ2) is 5.26. The van der Waals surface area contributed by atoms with Gasteiger partial charge in [0.2, 0.25) is 5.91 Å². The van der Waals surface area contributed by atoms with Crippen LogP contribution in [0.5, 0.6) is 0 Å². The van der Waals surface area contributed by atoms with Crippen LogP contribution in [-0.2, 0) is 16.0 Å². The van der Waals surface area contributed by atoms with Crippen molar-refractivity contribution in [3.63, 3.8) is 0 Å². The Labute approximate surface area is 92.0 Å². The van der Waals surface area contributed by atoms with Crippen molar-refractivity contribution in [2.45, 2.75) is 25.8 Å². The first-order valence-corrected chi connectivity index (χ1v) is 4.85. The summed E-state index contributed by atoms with van der Waals surface area (Å²) in [4.78, 5) is 21.8. The van der Waals surface area contributed by atoms with E-state index < -0.39 is 24.3 Å². The molecular formula is C9H14N4O3. The zero-order chi connectivity index (χ0) is 12.1. The molecular weight excluding hydrogens is 212 g/mol. The van der Waals surface area contributed by atoms with Crippen LogP contribution in [0.15, 0.2) is 6.20 Å². The van der Waals surface area contributed by atoms with Crippen LogP contribution in [-0.4, -0.2) is 33.2 Å². The van der Waals surface area contributed by atoms with Crippen LogP contribution in [0, 0.1) is 0 Å². The highest BCUT2D eigenvalue weighted by Gasteiger charge is 2.18. The molecule has 0 bridgehead atoms. The molecule has 0 aliphatic rings. The van der Waals surface area contributed by atoms with Crippen LogP contribution >= 0.6 is 0 Å². The first kappa shape index (κ1) is 12.2. The molecule has 0 saturated carbocycles. The molecule has 1 heterocycles. The number of carboxylic acids is 1. The molecule has 1 amide bonds. The van der Waals surface area contributed by atoms with Gasteiger partial charge in [0, 0.05) is 5.56 Å². The van der Waals surface area contributed by atoms with Crippen LogP contribution < -0.4 is 11.1 Å². The van der Waals surface area contributed by atoms with Crippen molar-refractivity contribution in [1.82, 2.24) is 10.2 Å². The van der Waals surface area contributed by atoms with Gasteiger partial charge < -0.3 is 16.2 Å². The maximum Gasteiger partial charge on any atom is 0.305 e. The molecule has 0 spiro atoms. The zero-order valence-electron chi connectivity index (χ0n) is 8.86. The van der Waals surface area contributed by atoms with E-state index in [4.69, 9.17) is 10.8 Å². The van der Waals surface area contributed by atoms with E-state index in [-0.39, 0.29) is 0 Å². The minimum absolute atomic E-state index is 0.401. The molecule has 7 heteroatoms. The van der Waals surface area contributed by atoms with Crippen molar-refractivity contribution in [3.05, 3.63) is 11.8 Å². The summed E-state index contributed by atoms with van der Waals surface area (Å²) in [6, 6.07) is -1.06. The normalized spacial score (nSPS) is 12.1. The van der Waals surface area contributed by atoms with E-state index in [9.17, 15) is 9.59 Å². The average Bonchev–Trinajstić information content (AvgIpc) is 2.64. The number of nitrogens with one attached hydrogen (secondary N) is 2. The number of hydrogen-bond acceptors (Lipinski definition) is 4. The Morgan fingerprint density at radius 2 is 2.38 bits per heavy atom. The van der Waals surface area contributed by atoms with Gasteiger partial charge in [-0.25, -0.2) is 0 Å². The summed E-state index contributed by atoms with van der Waals surface area (Å²) < 4.78 is 0. The van der Waals surface area contributed by atoms with E-state index in [1.165, 1.54) is 0 Å². The number of anilines is 1. The molecule has 88 valence electrons. The Morgan fingerprint density at radius 1 is 1.69 bits per heavy atom. The SMILES string of the molecule is CCc1cn[nH]c1NC(=O)C(N)CC(=O)O. The number of H-pyrrole nitrogens is 1. The van der Waals surface area contributed by atoms with Crippen molar-refractivity contribution in [1.29, 1.82) is 0 Å². The van der Waals surface area contributed by atoms with Crippen molar-refractivity contribution < 1.29 is 14.7 Å². The molecule has 1 aromatic heterocycles. The van der Waals surface area contributed by atoms with E-state index in [0.717, 1.165) is 5.56 Å². The van der Waals surface area contributed by atoms with E-state index >= 15 is 0 Å². The molecule has 1 aromatic rings. The molecule has 1 atom stereocenters. The lowest BCUT2D eigenvalue weighted by Gasteiger charge is -2.09. The number of carboxylic acid groups (broad SMARTS) is 1. The molecule has 1 rings (SSSR count). The minimum atomic E-state index is -1.11. The Bertz CT molecular complexity index is 388. The van der Waals surface area contributed by atoms with Gasteiger partial charge in [0.25, 0.3) is 0 Å². The van der Waals surface area contributed by atoms with Crippen LogP contribution in [0.1, 0.15) is 18.9 Å². The number of aryl methyl sites for hydroxylation is 1. The van der Waals surface area contributed by atoms with Gasteiger partial charge in [-0.1, -0.05) is 6.92 Å². The van der Waals surface area contributed by atoms with Crippen LogP contribution in [0.4, 0.5) is 5.82 Å². The molecule has 0 aromatic carbocycles. The summed E-state index contributed by atoms with van der Waals surface area (Å²) in [6.07, 6.45) is 1.90. The number of carbonyl (C=O) groups is 2. The standard InChI is InChI=1S/C9H14N4O3/c1-2-5-4-11-13-8(5)12-9(16)6(10)3-7(14)15/h4,6H,2-3,10H2,1H3,(H,14,15)(H2,11,12,13,16). The number of nitrogens with zero attached hydrogens (tertiary/aromatic N) is 1. The van der Waals surface area contributed by atoms with E-state index in [1.807, 2.05) is 6.92 Å². The van der Waals surface area contributed by atoms with Gasteiger partial charge in [-0.15, -0.1) is 0 Å². The lowest BCUT2D eigenvalue weighted by Crippen LogP contribution is -2.37. The molecule has 0 fully saturated rings. The Balaban J connectivity index is 2.60. The van der Waals surface area contributed by atoms with Crippen LogP contribution in [0.3, 0.4) is 0 Å². The fourth-order valence-electron chi connectivity index (χ4n) is 1.18. The number of aromatic nitrogens is 2. The number of rotatable bonds is 5. The van der Waals surface area contributed by atoms with Gasteiger partial charge in [-0.2, -0.15) is 5.10 Å². The van der Waals surface area contributed by atoms with Gasteiger partial charge in [0.1, 0.15) is 5.82 Å². The third-order valence-electron chi connectivity index (χ3n) is 2.08. The second-order valence-electron chi connectivity index (χ2n) is 3.32. The lowest BCUT2D eigenvalue weighted by atomic mass is 10.2. The summed E-state index contributed by atoms with van der Waals surface area (Å²) in [5.74, 6) is -1.18. The number of nitrogens with two attached hydrogens (primary N) is 1. The van der Waals surface area contributed by atoms with Gasteiger partial charge in [0.15, 0.2) is 0 Å². The van der Waals surface area contributed by atoms with Crippen molar-refractivity contribution >= 4 is 17.7 Å². The Morgan fingerprint density at radius 3 is 2.94 bits per heavy atom. The van der Waals surface area contributed by atoms with Crippen molar-refractivity contribution in [3.8, 4) is 0 Å². The second-order valence-corrected chi connectivity index (χ2v) is 3.32. The highest BCUT2D eigenvalue weighted by molar-refractivity contribution is 5.96. The lowest BCUT2D eigenvalue weighted by molar-refractivity contribution is -0.138. The molecule has 0 saturated heterocycles. The summed E-state index contributed by atoms with van der Waals surface area (Å²) in [5, 5.41) is 17.4. The van der Waals surface area contributed by atoms with E-state index in [1.54, 1.807) is 6.20 Å². The van der Waals surface area contributed by atoms with E-state index in [0.29, 0.717) is 12.2 Å². The van der Waals surface area contributed by atoms with Gasteiger partial charge in [-0.05, 0) is 6.42 Å². The van der Waals surface area contributed by atoms with E-state index in [2.05, 4.69) is 15.5 Å². The summed E-state index contributed by atoms with van der Waals surface area (Å²) in [7, 11) is 0. The Hall–Kier alpha value is -1.89. The minimum Gasteiger partial charge on any atom is -0.481 e. The van der Waals surface area contributed by atoms with Gasteiger partial charge in [-0.3, -0.25) is 14.7 Å². The molecule has 16 heavy (non-hydrogen) atoms. The highest BCUT2D eigenvalue weighted by atomic mass is 16.4. The number of hydrogen-bond donors (Lipinski definition) is 4. The first-order chi connectivity index (χ1) is 7.54. The number of amides is 1. The van der Waals surface area contributed by atoms with Gasteiger partial charge in [0.05, 0.1) is 18.7 Å². The van der Waals surface area contributed by atoms with Crippen LogP contribution in [0.25, 0.3) is 0 Å².